The maximum atomic E-state index is 5.37. The Hall–Kier alpha value is -0.0800. The lowest BCUT2D eigenvalue weighted by atomic mass is 10.0. The molecule has 1 aliphatic heterocycles. The Balaban J connectivity index is 2.24. The predicted octanol–water partition coefficient (Wildman–Crippen LogP) is 1.55. The normalized spacial score (nSPS) is 27.0. The Kier molecular flexibility index (Phi) is 2.90. The summed E-state index contributed by atoms with van der Waals surface area (Å²) in [6.07, 6.45) is 2.46. The highest BCUT2D eigenvalue weighted by molar-refractivity contribution is 4.79. The number of hydrogen-bond acceptors (Lipinski definition) is 2. The third-order valence-electron chi connectivity index (χ3n) is 1.80. The van der Waals surface area contributed by atoms with Crippen molar-refractivity contribution in [3.8, 4) is 0 Å². The Bertz CT molecular complexity index is 111. The third kappa shape index (κ3) is 3.73. The molecule has 0 aliphatic carbocycles. The average molecular weight is 157 g/mol. The first-order chi connectivity index (χ1) is 5.08. The van der Waals surface area contributed by atoms with E-state index >= 15 is 0 Å². The van der Waals surface area contributed by atoms with Crippen LogP contribution in [0.1, 0.15) is 33.6 Å². The van der Waals surface area contributed by atoms with Gasteiger partial charge < -0.3 is 10.1 Å². The zero-order valence-corrected chi connectivity index (χ0v) is 7.81. The predicted molar refractivity (Wildman–Crippen MR) is 46.7 cm³/mol. The van der Waals surface area contributed by atoms with Crippen molar-refractivity contribution < 1.29 is 4.74 Å². The summed E-state index contributed by atoms with van der Waals surface area (Å²) < 4.78 is 5.37. The van der Waals surface area contributed by atoms with Crippen LogP contribution in [0.3, 0.4) is 0 Å². The van der Waals surface area contributed by atoms with E-state index in [1.165, 1.54) is 12.8 Å². The highest BCUT2D eigenvalue weighted by Crippen LogP contribution is 2.10. The van der Waals surface area contributed by atoms with E-state index in [9.17, 15) is 0 Å². The lowest BCUT2D eigenvalue weighted by Crippen LogP contribution is -2.47. The second-order valence-corrected chi connectivity index (χ2v) is 4.31. The minimum atomic E-state index is 0.228. The molecule has 0 spiro atoms. The van der Waals surface area contributed by atoms with Crippen LogP contribution in [0.2, 0.25) is 0 Å². The van der Waals surface area contributed by atoms with Crippen molar-refractivity contribution >= 4 is 0 Å². The van der Waals surface area contributed by atoms with Crippen LogP contribution in [0.15, 0.2) is 0 Å². The summed E-state index contributed by atoms with van der Waals surface area (Å²) in [6.45, 7) is 8.42. The minimum absolute atomic E-state index is 0.228. The van der Waals surface area contributed by atoms with E-state index < -0.39 is 0 Å². The van der Waals surface area contributed by atoms with Crippen LogP contribution in [-0.2, 0) is 4.74 Å². The van der Waals surface area contributed by atoms with Crippen molar-refractivity contribution in [1.29, 1.82) is 0 Å². The fourth-order valence-corrected chi connectivity index (χ4v) is 1.47. The van der Waals surface area contributed by atoms with Crippen LogP contribution >= 0.6 is 0 Å². The maximum absolute atomic E-state index is 5.37. The molecule has 1 rings (SSSR count). The molecular weight excluding hydrogens is 138 g/mol. The summed E-state index contributed by atoms with van der Waals surface area (Å²) >= 11 is 0. The molecule has 2 nitrogen and oxygen atoms in total. The molecule has 1 saturated heterocycles. The average Bonchev–Trinajstić information content (AvgIpc) is 1.85. The fraction of sp³-hybridized carbons (Fsp3) is 1.00. The standard InChI is InChI=1S/C9H19NO/c1-9(2,3)10-8-5-4-6-11-7-8/h8,10H,4-7H2,1-3H3/t8-/m0/s1. The summed E-state index contributed by atoms with van der Waals surface area (Å²) in [5.41, 5.74) is 0.228. The van der Waals surface area contributed by atoms with Crippen molar-refractivity contribution in [3.63, 3.8) is 0 Å². The van der Waals surface area contributed by atoms with Crippen LogP contribution in [0.5, 0.6) is 0 Å². The number of nitrogens with one attached hydrogen (secondary N) is 1. The van der Waals surface area contributed by atoms with Crippen LogP contribution in [0.4, 0.5) is 0 Å². The van der Waals surface area contributed by atoms with Crippen LogP contribution in [-0.4, -0.2) is 24.8 Å². The minimum Gasteiger partial charge on any atom is -0.380 e. The molecular formula is C9H19NO. The summed E-state index contributed by atoms with van der Waals surface area (Å²) in [7, 11) is 0. The Labute approximate surface area is 69.3 Å². The Morgan fingerprint density at radius 2 is 2.09 bits per heavy atom. The molecule has 0 unspecified atom stereocenters. The zero-order chi connectivity index (χ0) is 8.32. The largest absolute Gasteiger partial charge is 0.380 e. The first kappa shape index (κ1) is 9.01. The topological polar surface area (TPSA) is 21.3 Å². The molecule has 66 valence electrons. The van der Waals surface area contributed by atoms with E-state index in [4.69, 9.17) is 4.74 Å². The number of rotatable bonds is 1. The highest BCUT2D eigenvalue weighted by atomic mass is 16.5. The van der Waals surface area contributed by atoms with E-state index in [0.717, 1.165) is 13.2 Å². The quantitative estimate of drug-likeness (QED) is 0.623. The van der Waals surface area contributed by atoms with Gasteiger partial charge in [0.2, 0.25) is 0 Å². The van der Waals surface area contributed by atoms with Crippen LogP contribution in [0, 0.1) is 0 Å². The van der Waals surface area contributed by atoms with Crippen molar-refractivity contribution in [2.24, 2.45) is 0 Å². The van der Waals surface area contributed by atoms with Gasteiger partial charge in [0, 0.05) is 18.2 Å². The van der Waals surface area contributed by atoms with E-state index in [0.29, 0.717) is 6.04 Å². The van der Waals surface area contributed by atoms with Gasteiger partial charge in [0.05, 0.1) is 6.61 Å². The van der Waals surface area contributed by atoms with E-state index in [-0.39, 0.29) is 5.54 Å². The van der Waals surface area contributed by atoms with Crippen LogP contribution < -0.4 is 5.32 Å². The monoisotopic (exact) mass is 157 g/mol. The maximum Gasteiger partial charge on any atom is 0.0619 e. The van der Waals surface area contributed by atoms with Gasteiger partial charge in [-0.1, -0.05) is 0 Å². The smallest absolute Gasteiger partial charge is 0.0619 e. The summed E-state index contributed by atoms with van der Waals surface area (Å²) in [6, 6.07) is 0.573. The molecule has 2 heteroatoms. The van der Waals surface area contributed by atoms with Gasteiger partial charge >= 0.3 is 0 Å². The first-order valence-electron chi connectivity index (χ1n) is 4.43. The molecule has 0 bridgehead atoms. The van der Waals surface area contributed by atoms with Crippen molar-refractivity contribution in [1.82, 2.24) is 5.32 Å². The highest BCUT2D eigenvalue weighted by Gasteiger charge is 2.19. The molecule has 1 aliphatic rings. The summed E-state index contributed by atoms with van der Waals surface area (Å²) in [4.78, 5) is 0. The number of hydrogen-bond donors (Lipinski definition) is 1. The summed E-state index contributed by atoms with van der Waals surface area (Å²) in [5.74, 6) is 0. The molecule has 0 radical (unpaired) electrons. The van der Waals surface area contributed by atoms with E-state index in [2.05, 4.69) is 26.1 Å². The molecule has 0 aromatic rings. The third-order valence-corrected chi connectivity index (χ3v) is 1.80. The van der Waals surface area contributed by atoms with Gasteiger partial charge in [0.1, 0.15) is 0 Å². The fourth-order valence-electron chi connectivity index (χ4n) is 1.47. The molecule has 0 aromatic heterocycles. The molecule has 11 heavy (non-hydrogen) atoms. The van der Waals surface area contributed by atoms with Gasteiger partial charge in [0.15, 0.2) is 0 Å². The Morgan fingerprint density at radius 3 is 2.55 bits per heavy atom. The van der Waals surface area contributed by atoms with Gasteiger partial charge in [0.25, 0.3) is 0 Å². The van der Waals surface area contributed by atoms with E-state index in [1.807, 2.05) is 0 Å². The number of ether oxygens (including phenoxy) is 1. The molecule has 0 saturated carbocycles. The van der Waals surface area contributed by atoms with Gasteiger partial charge in [-0.05, 0) is 33.6 Å². The zero-order valence-electron chi connectivity index (χ0n) is 7.81. The SMILES string of the molecule is CC(C)(C)N[C@H]1CCCOC1. The van der Waals surface area contributed by atoms with Gasteiger partial charge in [-0.15, -0.1) is 0 Å². The Morgan fingerprint density at radius 1 is 1.36 bits per heavy atom. The molecule has 1 fully saturated rings. The molecule has 1 atom stereocenters. The second kappa shape index (κ2) is 3.55. The first-order valence-corrected chi connectivity index (χ1v) is 4.43. The van der Waals surface area contributed by atoms with E-state index in [1.54, 1.807) is 0 Å². The van der Waals surface area contributed by atoms with Crippen molar-refractivity contribution in [3.05, 3.63) is 0 Å². The van der Waals surface area contributed by atoms with Gasteiger partial charge in [-0.2, -0.15) is 0 Å². The van der Waals surface area contributed by atoms with Crippen LogP contribution in [0.25, 0.3) is 0 Å². The summed E-state index contributed by atoms with van der Waals surface area (Å²) in [5, 5.41) is 3.53. The molecule has 0 aromatic carbocycles. The lowest BCUT2D eigenvalue weighted by molar-refractivity contribution is 0.0618. The molecule has 0 amide bonds. The van der Waals surface area contributed by atoms with Gasteiger partial charge in [-0.25, -0.2) is 0 Å². The van der Waals surface area contributed by atoms with Gasteiger partial charge in [-0.3, -0.25) is 0 Å². The van der Waals surface area contributed by atoms with Crippen molar-refractivity contribution in [2.45, 2.75) is 45.2 Å². The van der Waals surface area contributed by atoms with Crippen molar-refractivity contribution in [2.75, 3.05) is 13.2 Å². The molecule has 1 heterocycles. The molecule has 1 N–H and O–H groups in total. The second-order valence-electron chi connectivity index (χ2n) is 4.31. The lowest BCUT2D eigenvalue weighted by Gasteiger charge is -2.30.